The van der Waals surface area contributed by atoms with E-state index in [9.17, 15) is 4.39 Å². The molecule has 27 heavy (non-hydrogen) atoms. The molecular weight excluding hydrogens is 337 g/mol. The third kappa shape index (κ3) is 2.08. The van der Waals surface area contributed by atoms with Crippen LogP contribution in [0.25, 0.3) is 22.7 Å². The molecule has 1 aromatic carbocycles. The number of likely N-dealkylation sites (N-methyl/N-ethyl adjacent to an activating group) is 1. The molecule has 2 atom stereocenters. The summed E-state index contributed by atoms with van der Waals surface area (Å²) >= 11 is 0. The molecule has 4 heteroatoms. The van der Waals surface area contributed by atoms with E-state index in [1.54, 1.807) is 0 Å². The summed E-state index contributed by atoms with van der Waals surface area (Å²) < 4.78 is 15.8. The predicted molar refractivity (Wildman–Crippen MR) is 106 cm³/mol. The molecule has 3 aromatic rings. The lowest BCUT2D eigenvalue weighted by molar-refractivity contribution is 0.223. The second-order valence-electron chi connectivity index (χ2n) is 8.20. The van der Waals surface area contributed by atoms with Crippen molar-refractivity contribution in [2.75, 3.05) is 7.05 Å². The number of rotatable bonds is 2. The maximum absolute atomic E-state index is 13.4. The molecule has 1 aliphatic carbocycles. The van der Waals surface area contributed by atoms with E-state index in [-0.39, 0.29) is 0 Å². The molecule has 1 fully saturated rings. The van der Waals surface area contributed by atoms with Crippen LogP contribution >= 0.6 is 0 Å². The van der Waals surface area contributed by atoms with Crippen LogP contribution in [-0.2, 0) is 19.5 Å². The van der Waals surface area contributed by atoms with Gasteiger partial charge in [-0.3, -0.25) is 9.88 Å². The topological polar surface area (TPSA) is 21.1 Å². The van der Waals surface area contributed by atoms with Crippen LogP contribution in [0.2, 0.25) is 0 Å². The van der Waals surface area contributed by atoms with Crippen molar-refractivity contribution in [2.45, 2.75) is 44.4 Å². The van der Waals surface area contributed by atoms with Gasteiger partial charge in [0.2, 0.25) is 0 Å². The van der Waals surface area contributed by atoms with E-state index in [1.807, 2.05) is 18.5 Å². The van der Waals surface area contributed by atoms with Gasteiger partial charge in [-0.05, 0) is 65.9 Å². The standard InChI is InChI=1S/C23H22FN3/c1-26-17-3-5-21(26)23-19-8-14(11-24)2-4-20(19)27(22(23)10-17)13-16-9-15-12-25-7-6-18(15)16/h2,4,6-8,12-13,17,21H,3,5,9-11H2,1H3. The van der Waals surface area contributed by atoms with Crippen molar-refractivity contribution in [1.29, 1.82) is 0 Å². The van der Waals surface area contributed by atoms with Crippen molar-refractivity contribution in [3.63, 3.8) is 0 Å². The second kappa shape index (κ2) is 5.52. The molecule has 2 aromatic heterocycles. The minimum atomic E-state index is -0.402. The van der Waals surface area contributed by atoms with Crippen molar-refractivity contribution >= 4 is 22.7 Å². The molecular formula is C23H22FN3. The predicted octanol–water partition coefficient (Wildman–Crippen LogP) is 4.75. The van der Waals surface area contributed by atoms with Crippen LogP contribution in [0.15, 0.2) is 36.7 Å². The Hall–Kier alpha value is -2.46. The SMILES string of the molecule is CN1C2CCC1c1c(n(C=C3Cc4cnccc43)c3ccc(CF)cc13)C2. The van der Waals surface area contributed by atoms with E-state index < -0.39 is 6.67 Å². The number of halogens is 1. The fourth-order valence-electron chi connectivity index (χ4n) is 5.43. The van der Waals surface area contributed by atoms with Gasteiger partial charge < -0.3 is 4.57 Å². The zero-order valence-electron chi connectivity index (χ0n) is 15.5. The van der Waals surface area contributed by atoms with E-state index in [2.05, 4.69) is 45.9 Å². The molecule has 6 rings (SSSR count). The zero-order chi connectivity index (χ0) is 18.1. The minimum Gasteiger partial charge on any atom is -0.320 e. The van der Waals surface area contributed by atoms with Crippen LogP contribution in [-0.4, -0.2) is 27.5 Å². The highest BCUT2D eigenvalue weighted by atomic mass is 19.1. The summed E-state index contributed by atoms with van der Waals surface area (Å²) in [7, 11) is 2.25. The maximum Gasteiger partial charge on any atom is 0.115 e. The number of allylic oxidation sites excluding steroid dienone is 1. The molecule has 0 N–H and O–H groups in total. The fourth-order valence-corrected chi connectivity index (χ4v) is 5.43. The number of hydrogen-bond donors (Lipinski definition) is 0. The highest BCUT2D eigenvalue weighted by Crippen LogP contribution is 2.47. The molecule has 2 bridgehead atoms. The fraction of sp³-hybridized carbons (Fsp3) is 0.348. The van der Waals surface area contributed by atoms with Crippen molar-refractivity contribution < 1.29 is 4.39 Å². The Morgan fingerprint density at radius 1 is 1.26 bits per heavy atom. The first kappa shape index (κ1) is 15.6. The molecule has 2 unspecified atom stereocenters. The summed E-state index contributed by atoms with van der Waals surface area (Å²) in [6.45, 7) is -0.402. The highest BCUT2D eigenvalue weighted by molar-refractivity contribution is 5.93. The Morgan fingerprint density at radius 2 is 2.19 bits per heavy atom. The number of aromatic nitrogens is 2. The zero-order valence-corrected chi connectivity index (χ0v) is 15.5. The molecule has 0 amide bonds. The van der Waals surface area contributed by atoms with Gasteiger partial charge in [0.05, 0.1) is 5.52 Å². The Balaban J connectivity index is 1.59. The van der Waals surface area contributed by atoms with Crippen molar-refractivity contribution in [3.8, 4) is 0 Å². The van der Waals surface area contributed by atoms with Crippen molar-refractivity contribution in [2.24, 2.45) is 0 Å². The normalized spacial score (nSPS) is 24.9. The number of benzene rings is 1. The van der Waals surface area contributed by atoms with Crippen molar-refractivity contribution in [1.82, 2.24) is 14.5 Å². The number of pyridine rings is 1. The van der Waals surface area contributed by atoms with Gasteiger partial charge in [0.15, 0.2) is 0 Å². The third-order valence-electron chi connectivity index (χ3n) is 6.89. The first-order chi connectivity index (χ1) is 13.2. The third-order valence-corrected chi connectivity index (χ3v) is 6.89. The highest BCUT2D eigenvalue weighted by Gasteiger charge is 2.40. The molecule has 4 heterocycles. The van der Waals surface area contributed by atoms with Gasteiger partial charge in [-0.15, -0.1) is 0 Å². The average molecular weight is 359 g/mol. The van der Waals surface area contributed by atoms with Crippen LogP contribution in [0.4, 0.5) is 4.39 Å². The maximum atomic E-state index is 13.4. The van der Waals surface area contributed by atoms with E-state index in [0.29, 0.717) is 12.1 Å². The van der Waals surface area contributed by atoms with Gasteiger partial charge >= 0.3 is 0 Å². The first-order valence-corrected chi connectivity index (χ1v) is 9.82. The van der Waals surface area contributed by atoms with E-state index in [4.69, 9.17) is 0 Å². The van der Waals surface area contributed by atoms with Crippen LogP contribution in [0.3, 0.4) is 0 Å². The van der Waals surface area contributed by atoms with Crippen LogP contribution in [0.5, 0.6) is 0 Å². The Labute approximate surface area is 158 Å². The molecule has 3 aliphatic rings. The summed E-state index contributed by atoms with van der Waals surface area (Å²) in [5, 5.41) is 1.24. The van der Waals surface area contributed by atoms with Crippen LogP contribution < -0.4 is 0 Å². The molecule has 0 radical (unpaired) electrons. The second-order valence-corrected chi connectivity index (χ2v) is 8.20. The van der Waals surface area contributed by atoms with Crippen LogP contribution in [0.1, 0.15) is 46.8 Å². The Morgan fingerprint density at radius 3 is 3.04 bits per heavy atom. The summed E-state index contributed by atoms with van der Waals surface area (Å²) in [5.41, 5.74) is 8.87. The minimum absolute atomic E-state index is 0.402. The Kier molecular flexibility index (Phi) is 3.19. The van der Waals surface area contributed by atoms with Gasteiger partial charge in [-0.25, -0.2) is 4.39 Å². The smallest absolute Gasteiger partial charge is 0.115 e. The quantitative estimate of drug-likeness (QED) is 0.658. The lowest BCUT2D eigenvalue weighted by Gasteiger charge is -2.32. The number of nitrogens with zero attached hydrogens (tertiary/aromatic N) is 3. The van der Waals surface area contributed by atoms with E-state index in [0.717, 1.165) is 18.4 Å². The number of hydrogen-bond acceptors (Lipinski definition) is 2. The summed E-state index contributed by atoms with van der Waals surface area (Å²) in [4.78, 5) is 6.76. The summed E-state index contributed by atoms with van der Waals surface area (Å²) in [5.74, 6) is 0. The Bertz CT molecular complexity index is 1110. The lowest BCUT2D eigenvalue weighted by Crippen LogP contribution is -2.34. The van der Waals surface area contributed by atoms with Gasteiger partial charge in [-0.2, -0.15) is 0 Å². The van der Waals surface area contributed by atoms with Crippen molar-refractivity contribution in [3.05, 3.63) is 64.6 Å². The van der Waals surface area contributed by atoms with E-state index in [1.165, 1.54) is 51.7 Å². The monoisotopic (exact) mass is 359 g/mol. The summed E-state index contributed by atoms with van der Waals surface area (Å²) in [6.07, 6.45) is 10.7. The van der Waals surface area contributed by atoms with Gasteiger partial charge in [-0.1, -0.05) is 6.07 Å². The van der Waals surface area contributed by atoms with Gasteiger partial charge in [0.25, 0.3) is 0 Å². The molecule has 0 saturated carbocycles. The molecule has 0 spiro atoms. The lowest BCUT2D eigenvalue weighted by atomic mass is 9.85. The average Bonchev–Trinajstić information content (AvgIpc) is 3.09. The van der Waals surface area contributed by atoms with E-state index >= 15 is 0 Å². The largest absolute Gasteiger partial charge is 0.320 e. The summed E-state index contributed by atoms with van der Waals surface area (Å²) in [6, 6.07) is 9.33. The number of fused-ring (bicyclic) bond motifs is 7. The van der Waals surface area contributed by atoms with Gasteiger partial charge in [0, 0.05) is 54.6 Å². The molecule has 2 aliphatic heterocycles. The molecule has 136 valence electrons. The molecule has 1 saturated heterocycles. The van der Waals surface area contributed by atoms with Crippen LogP contribution in [0, 0.1) is 0 Å². The molecule has 3 nitrogen and oxygen atoms in total. The van der Waals surface area contributed by atoms with Gasteiger partial charge in [0.1, 0.15) is 6.67 Å². The first-order valence-electron chi connectivity index (χ1n) is 9.82. The number of alkyl halides is 1.